The van der Waals surface area contributed by atoms with Crippen LogP contribution in [0, 0.1) is 12.8 Å². The number of Topliss-reactive ketones (excluding diaryl/α,β-unsaturated/α-hetero) is 1. The standard InChI is InChI=1S/C19H23NO3S/c1-13-7-9-24-19(13)18(22)14-4-3-8-20(11-14)12-15-10-16(23-2)5-6-17(15)21/h5-7,9-10,14,21H,3-4,8,11-12H2,1-2H3/t14-/m0/s1. The molecule has 1 N–H and O–H groups in total. The highest BCUT2D eigenvalue weighted by molar-refractivity contribution is 7.12. The third-order valence-electron chi connectivity index (χ3n) is 4.64. The summed E-state index contributed by atoms with van der Waals surface area (Å²) in [5.74, 6) is 1.32. The van der Waals surface area contributed by atoms with Crippen molar-refractivity contribution in [2.45, 2.75) is 26.3 Å². The van der Waals surface area contributed by atoms with Gasteiger partial charge >= 0.3 is 0 Å². The second-order valence-electron chi connectivity index (χ2n) is 6.37. The SMILES string of the molecule is COc1ccc(O)c(CN2CCC[C@H](C(=O)c3sccc3C)C2)c1. The van der Waals surface area contributed by atoms with Gasteiger partial charge in [0.1, 0.15) is 11.5 Å². The van der Waals surface area contributed by atoms with Crippen LogP contribution in [-0.2, 0) is 6.54 Å². The summed E-state index contributed by atoms with van der Waals surface area (Å²) in [6.45, 7) is 4.32. The summed E-state index contributed by atoms with van der Waals surface area (Å²) in [4.78, 5) is 15.9. The van der Waals surface area contributed by atoms with Crippen LogP contribution in [0.2, 0.25) is 0 Å². The lowest BCUT2D eigenvalue weighted by atomic mass is 9.92. The molecule has 1 aliphatic heterocycles. The minimum absolute atomic E-state index is 0.0452. The van der Waals surface area contributed by atoms with Gasteiger partial charge in [0.25, 0.3) is 0 Å². The van der Waals surface area contributed by atoms with Gasteiger partial charge in [0.05, 0.1) is 12.0 Å². The maximum atomic E-state index is 12.8. The first-order valence-corrected chi connectivity index (χ1v) is 9.13. The molecule has 1 aromatic carbocycles. The molecule has 5 heteroatoms. The van der Waals surface area contributed by atoms with Crippen LogP contribution in [0.1, 0.15) is 33.6 Å². The summed E-state index contributed by atoms with van der Waals surface area (Å²) in [7, 11) is 1.62. The molecule has 0 unspecified atom stereocenters. The minimum Gasteiger partial charge on any atom is -0.508 e. The second-order valence-corrected chi connectivity index (χ2v) is 7.28. The van der Waals surface area contributed by atoms with Crippen LogP contribution in [0.4, 0.5) is 0 Å². The van der Waals surface area contributed by atoms with Gasteiger partial charge in [-0.25, -0.2) is 0 Å². The van der Waals surface area contributed by atoms with E-state index in [9.17, 15) is 9.90 Å². The number of ether oxygens (including phenoxy) is 1. The van der Waals surface area contributed by atoms with Crippen molar-refractivity contribution in [3.8, 4) is 11.5 Å². The highest BCUT2D eigenvalue weighted by Gasteiger charge is 2.28. The maximum Gasteiger partial charge on any atom is 0.177 e. The fraction of sp³-hybridized carbons (Fsp3) is 0.421. The molecule has 0 radical (unpaired) electrons. The molecular formula is C19H23NO3S. The van der Waals surface area contributed by atoms with Gasteiger partial charge in [0.15, 0.2) is 5.78 Å². The number of phenols is 1. The number of rotatable bonds is 5. The molecule has 4 nitrogen and oxygen atoms in total. The molecule has 2 heterocycles. The quantitative estimate of drug-likeness (QED) is 0.836. The fourth-order valence-corrected chi connectivity index (χ4v) is 4.23. The van der Waals surface area contributed by atoms with E-state index in [1.54, 1.807) is 19.2 Å². The number of aryl methyl sites for hydroxylation is 1. The van der Waals surface area contributed by atoms with E-state index in [0.717, 1.165) is 47.7 Å². The third-order valence-corrected chi connectivity index (χ3v) is 5.67. The summed E-state index contributed by atoms with van der Waals surface area (Å²) in [6.07, 6.45) is 1.95. The fourth-order valence-electron chi connectivity index (χ4n) is 3.28. The Morgan fingerprint density at radius 1 is 1.42 bits per heavy atom. The van der Waals surface area contributed by atoms with Gasteiger partial charge in [-0.3, -0.25) is 9.69 Å². The van der Waals surface area contributed by atoms with Crippen LogP contribution in [0.25, 0.3) is 0 Å². The molecule has 0 saturated carbocycles. The summed E-state index contributed by atoms with van der Waals surface area (Å²) in [5, 5.41) is 12.1. The van der Waals surface area contributed by atoms with E-state index in [-0.39, 0.29) is 17.5 Å². The number of aromatic hydroxyl groups is 1. The van der Waals surface area contributed by atoms with Crippen LogP contribution in [0.3, 0.4) is 0 Å². The van der Waals surface area contributed by atoms with E-state index in [1.165, 1.54) is 11.3 Å². The summed E-state index contributed by atoms with van der Waals surface area (Å²) in [5.41, 5.74) is 1.92. The first-order valence-electron chi connectivity index (χ1n) is 8.25. The first kappa shape index (κ1) is 17.0. The Kier molecular flexibility index (Phi) is 5.21. The first-order chi connectivity index (χ1) is 11.6. The number of likely N-dealkylation sites (tertiary alicyclic amines) is 1. The van der Waals surface area contributed by atoms with E-state index in [1.807, 2.05) is 24.4 Å². The average molecular weight is 345 g/mol. The van der Waals surface area contributed by atoms with Gasteiger partial charge < -0.3 is 9.84 Å². The van der Waals surface area contributed by atoms with Crippen LogP contribution < -0.4 is 4.74 Å². The number of phenolic OH excluding ortho intramolecular Hbond substituents is 1. The Bertz CT molecular complexity index is 725. The van der Waals surface area contributed by atoms with E-state index >= 15 is 0 Å². The Morgan fingerprint density at radius 2 is 2.25 bits per heavy atom. The Labute approximate surface area is 146 Å². The molecule has 1 atom stereocenters. The topological polar surface area (TPSA) is 49.8 Å². The number of methoxy groups -OCH3 is 1. The van der Waals surface area contributed by atoms with E-state index in [4.69, 9.17) is 4.74 Å². The molecule has 0 spiro atoms. The minimum atomic E-state index is 0.0452. The van der Waals surface area contributed by atoms with Crippen molar-refractivity contribution in [3.63, 3.8) is 0 Å². The predicted molar refractivity (Wildman–Crippen MR) is 96.0 cm³/mol. The molecule has 1 fully saturated rings. The number of ketones is 1. The number of benzene rings is 1. The third kappa shape index (κ3) is 3.62. The second kappa shape index (κ2) is 7.36. The van der Waals surface area contributed by atoms with Crippen LogP contribution in [0.5, 0.6) is 11.5 Å². The number of hydrogen-bond acceptors (Lipinski definition) is 5. The van der Waals surface area contributed by atoms with Crippen LogP contribution >= 0.6 is 11.3 Å². The lowest BCUT2D eigenvalue weighted by Gasteiger charge is -2.32. The average Bonchev–Trinajstić information content (AvgIpc) is 3.02. The molecule has 128 valence electrons. The monoisotopic (exact) mass is 345 g/mol. The predicted octanol–water partition coefficient (Wildman–Crippen LogP) is 3.87. The molecule has 3 rings (SSSR count). The largest absolute Gasteiger partial charge is 0.508 e. The zero-order valence-electron chi connectivity index (χ0n) is 14.1. The Hall–Kier alpha value is -1.85. The van der Waals surface area contributed by atoms with Gasteiger partial charge in [0.2, 0.25) is 0 Å². The van der Waals surface area contributed by atoms with Gasteiger partial charge in [-0.15, -0.1) is 11.3 Å². The van der Waals surface area contributed by atoms with Crippen molar-refractivity contribution >= 4 is 17.1 Å². The molecule has 0 amide bonds. The zero-order valence-corrected chi connectivity index (χ0v) is 14.9. The zero-order chi connectivity index (χ0) is 17.1. The molecule has 0 bridgehead atoms. The maximum absolute atomic E-state index is 12.8. The molecule has 1 saturated heterocycles. The molecule has 2 aromatic rings. The Balaban J connectivity index is 1.70. The molecule has 1 aromatic heterocycles. The van der Waals surface area contributed by atoms with E-state index < -0.39 is 0 Å². The number of carbonyl (C=O) groups excluding carboxylic acids is 1. The molecule has 0 aliphatic carbocycles. The van der Waals surface area contributed by atoms with Crippen molar-refractivity contribution in [1.29, 1.82) is 0 Å². The highest BCUT2D eigenvalue weighted by Crippen LogP contribution is 2.29. The van der Waals surface area contributed by atoms with E-state index in [2.05, 4.69) is 4.90 Å². The van der Waals surface area contributed by atoms with Crippen molar-refractivity contribution in [2.75, 3.05) is 20.2 Å². The van der Waals surface area contributed by atoms with E-state index in [0.29, 0.717) is 6.54 Å². The number of piperidine rings is 1. The van der Waals surface area contributed by atoms with Crippen molar-refractivity contribution in [1.82, 2.24) is 4.90 Å². The Morgan fingerprint density at radius 3 is 2.96 bits per heavy atom. The number of carbonyl (C=O) groups is 1. The molecular weight excluding hydrogens is 322 g/mol. The molecule has 24 heavy (non-hydrogen) atoms. The summed E-state index contributed by atoms with van der Waals surface area (Å²) >= 11 is 1.54. The van der Waals surface area contributed by atoms with Crippen molar-refractivity contribution in [2.24, 2.45) is 5.92 Å². The van der Waals surface area contributed by atoms with Gasteiger partial charge in [-0.05, 0) is 61.5 Å². The lowest BCUT2D eigenvalue weighted by molar-refractivity contribution is 0.0814. The molecule has 1 aliphatic rings. The van der Waals surface area contributed by atoms with Gasteiger partial charge in [0, 0.05) is 24.6 Å². The van der Waals surface area contributed by atoms with Crippen LogP contribution in [0.15, 0.2) is 29.6 Å². The van der Waals surface area contributed by atoms with Crippen LogP contribution in [-0.4, -0.2) is 36.0 Å². The van der Waals surface area contributed by atoms with Crippen molar-refractivity contribution < 1.29 is 14.6 Å². The lowest BCUT2D eigenvalue weighted by Crippen LogP contribution is -2.38. The number of thiophene rings is 1. The summed E-state index contributed by atoms with van der Waals surface area (Å²) in [6, 6.07) is 7.29. The highest BCUT2D eigenvalue weighted by atomic mass is 32.1. The number of nitrogens with zero attached hydrogens (tertiary/aromatic N) is 1. The smallest absolute Gasteiger partial charge is 0.177 e. The van der Waals surface area contributed by atoms with Gasteiger partial charge in [-0.1, -0.05) is 0 Å². The van der Waals surface area contributed by atoms with Gasteiger partial charge in [-0.2, -0.15) is 0 Å². The normalized spacial score (nSPS) is 18.5. The summed E-state index contributed by atoms with van der Waals surface area (Å²) < 4.78 is 5.24. The van der Waals surface area contributed by atoms with Crippen molar-refractivity contribution in [3.05, 3.63) is 45.6 Å². The number of hydrogen-bond donors (Lipinski definition) is 1.